The Balaban J connectivity index is 5.20. The lowest BCUT2D eigenvalue weighted by Gasteiger charge is -2.33. The first kappa shape index (κ1) is 30.7. The molecule has 0 spiro atoms. The van der Waals surface area contributed by atoms with E-state index in [-0.39, 0.29) is 13.1 Å². The van der Waals surface area contributed by atoms with E-state index in [4.69, 9.17) is 0 Å². The normalized spacial score (nSPS) is 14.5. The van der Waals surface area contributed by atoms with Crippen LogP contribution in [0.5, 0.6) is 0 Å². The number of carbonyl (C=O) groups is 3. The summed E-state index contributed by atoms with van der Waals surface area (Å²) in [4.78, 5) is 34.3. The van der Waals surface area contributed by atoms with Crippen LogP contribution in [0.3, 0.4) is 0 Å². The van der Waals surface area contributed by atoms with Crippen molar-refractivity contribution in [3.05, 3.63) is 0 Å². The molecule has 33 heavy (non-hydrogen) atoms. The van der Waals surface area contributed by atoms with Gasteiger partial charge in [0.2, 0.25) is 0 Å². The highest BCUT2D eigenvalue weighted by molar-refractivity contribution is 5.82. The summed E-state index contributed by atoms with van der Waals surface area (Å²) in [6.45, 7) is -2.25. The van der Waals surface area contributed by atoms with Gasteiger partial charge in [-0.25, -0.2) is 0 Å². The van der Waals surface area contributed by atoms with Crippen molar-refractivity contribution in [2.75, 3.05) is 40.9 Å². The van der Waals surface area contributed by atoms with Gasteiger partial charge in [0.15, 0.2) is 0 Å². The molecule has 0 radical (unpaired) electrons. The van der Waals surface area contributed by atoms with Crippen molar-refractivity contribution < 1.29 is 73.0 Å². The molecule has 0 aliphatic rings. The number of ether oxygens (including phenoxy) is 2. The quantitative estimate of drug-likeness (QED) is 0.241. The molecule has 0 bridgehead atoms. The number of carbonyl (C=O) groups excluding carboxylic acids is 3. The first-order valence-electron chi connectivity index (χ1n) is 8.85. The van der Waals surface area contributed by atoms with Crippen LogP contribution in [0.2, 0.25) is 0 Å². The van der Waals surface area contributed by atoms with Gasteiger partial charge in [-0.1, -0.05) is 0 Å². The molecular weight excluding hydrogens is 487 g/mol. The van der Waals surface area contributed by atoms with Crippen molar-refractivity contribution in [2.24, 2.45) is 0 Å². The Morgan fingerprint density at radius 3 is 1.91 bits per heavy atom. The van der Waals surface area contributed by atoms with E-state index in [1.54, 1.807) is 0 Å². The summed E-state index contributed by atoms with van der Waals surface area (Å²) < 4.78 is 123. The van der Waals surface area contributed by atoms with Crippen LogP contribution < -0.4 is 10.4 Å². The maximum absolute atomic E-state index is 13.5. The van der Waals surface area contributed by atoms with Crippen molar-refractivity contribution in [3.8, 4) is 0 Å². The van der Waals surface area contributed by atoms with Crippen molar-refractivity contribution in [3.63, 3.8) is 0 Å². The number of alkyl halides is 9. The van der Waals surface area contributed by atoms with Gasteiger partial charge in [-0.15, -0.1) is 0 Å². The number of likely N-dealkylation sites (N-methyl/N-ethyl adjacent to an activating group) is 1. The second kappa shape index (κ2) is 10.8. The Morgan fingerprint density at radius 1 is 0.970 bits per heavy atom. The molecule has 0 aromatic rings. The fourth-order valence-electron chi connectivity index (χ4n) is 2.04. The summed E-state index contributed by atoms with van der Waals surface area (Å²) in [6.07, 6.45) is -11.7. The molecule has 0 heterocycles. The van der Waals surface area contributed by atoms with E-state index < -0.39 is 71.9 Å². The third-order valence-electron chi connectivity index (χ3n) is 4.31. The zero-order valence-corrected chi connectivity index (χ0v) is 17.4. The lowest BCUT2D eigenvalue weighted by Crippen LogP contribution is -2.61. The molecule has 0 rings (SSSR count). The van der Waals surface area contributed by atoms with Crippen LogP contribution in [0, 0.1) is 0 Å². The third kappa shape index (κ3) is 7.62. The Hall–Kier alpha value is -2.30. The predicted octanol–water partition coefficient (Wildman–Crippen LogP) is 1.33. The average molecular weight is 508 g/mol. The number of esters is 2. The molecule has 0 saturated carbocycles. The minimum absolute atomic E-state index is 0.232. The van der Waals surface area contributed by atoms with Crippen LogP contribution in [-0.4, -0.2) is 93.4 Å². The fraction of sp³-hybridized carbons (Fsp3) is 0.812. The predicted molar refractivity (Wildman–Crippen MR) is 87.3 cm³/mol. The molecule has 0 aliphatic heterocycles. The van der Waals surface area contributed by atoms with Gasteiger partial charge in [0, 0.05) is 6.54 Å². The van der Waals surface area contributed by atoms with E-state index in [0.717, 1.165) is 7.11 Å². The molecule has 0 aromatic heterocycles. The number of rotatable bonds is 12. The van der Waals surface area contributed by atoms with Gasteiger partial charge >= 0.3 is 35.9 Å². The van der Waals surface area contributed by atoms with Crippen molar-refractivity contribution in [1.29, 1.82) is 0 Å². The Kier molecular flexibility index (Phi) is 10.0. The molecule has 1 unspecified atom stereocenters. The summed E-state index contributed by atoms with van der Waals surface area (Å²) in [5.74, 6) is -22.5. The van der Waals surface area contributed by atoms with Gasteiger partial charge < -0.3 is 19.4 Å². The molecule has 194 valence electrons. The lowest BCUT2D eigenvalue weighted by atomic mass is 10.0. The van der Waals surface area contributed by atoms with E-state index in [2.05, 4.69) is 14.8 Å². The molecule has 17 heteroatoms. The highest BCUT2D eigenvalue weighted by Crippen LogP contribution is 2.53. The van der Waals surface area contributed by atoms with Gasteiger partial charge in [0.25, 0.3) is 6.09 Å². The summed E-state index contributed by atoms with van der Waals surface area (Å²) in [7, 11) is 3.30. The fourth-order valence-corrected chi connectivity index (χ4v) is 2.04. The van der Waals surface area contributed by atoms with Crippen LogP contribution in [0.4, 0.5) is 44.3 Å². The SMILES string of the molecule is COC(=O)CC(NCC[N+](C)(C)C(=O)[O-])C(=O)OCCC(F)(F)C(F)(F)C(F)(F)C(F)(F)F. The van der Waals surface area contributed by atoms with Crippen LogP contribution in [0.15, 0.2) is 0 Å². The molecular formula is C16H21F9N2O6. The smallest absolute Gasteiger partial charge is 0.460 e. The largest absolute Gasteiger partial charge is 0.498 e. The molecule has 0 fully saturated rings. The number of halogens is 9. The third-order valence-corrected chi connectivity index (χ3v) is 4.31. The number of nitrogens with zero attached hydrogens (tertiary/aromatic N) is 1. The van der Waals surface area contributed by atoms with Crippen molar-refractivity contribution >= 4 is 18.0 Å². The first-order chi connectivity index (χ1) is 14.6. The second-order valence-corrected chi connectivity index (χ2v) is 7.23. The van der Waals surface area contributed by atoms with Gasteiger partial charge in [0.1, 0.15) is 6.04 Å². The van der Waals surface area contributed by atoms with Gasteiger partial charge in [-0.05, 0) is 0 Å². The number of hydrogen-bond acceptors (Lipinski definition) is 7. The van der Waals surface area contributed by atoms with Gasteiger partial charge in [0.05, 0.1) is 47.2 Å². The van der Waals surface area contributed by atoms with E-state index in [1.807, 2.05) is 0 Å². The lowest BCUT2D eigenvalue weighted by molar-refractivity contribution is -0.836. The number of hydrogen-bond donors (Lipinski definition) is 1. The maximum atomic E-state index is 13.5. The molecule has 0 saturated heterocycles. The number of carboxylic acid groups (broad SMARTS) is 1. The van der Waals surface area contributed by atoms with Crippen LogP contribution in [0.25, 0.3) is 0 Å². The monoisotopic (exact) mass is 508 g/mol. The first-order valence-corrected chi connectivity index (χ1v) is 8.85. The van der Waals surface area contributed by atoms with Crippen molar-refractivity contribution in [2.45, 2.75) is 42.8 Å². The van der Waals surface area contributed by atoms with Crippen LogP contribution in [-0.2, 0) is 19.1 Å². The molecule has 8 nitrogen and oxygen atoms in total. The zero-order chi connectivity index (χ0) is 26.5. The molecule has 0 aliphatic carbocycles. The maximum Gasteiger partial charge on any atom is 0.460 e. The Labute approximate surface area is 181 Å². The van der Waals surface area contributed by atoms with Crippen molar-refractivity contribution in [1.82, 2.24) is 5.32 Å². The summed E-state index contributed by atoms with van der Waals surface area (Å²) >= 11 is 0. The standard InChI is InChI=1S/C16H21F9N2O6/c1-27(2,12(30)31)6-5-26-9(8-10(28)32-3)11(29)33-7-4-13(17,18)14(19,20)15(21,22)16(23,24)25/h9,26H,4-8H2,1-3H3. The minimum atomic E-state index is -7.08. The summed E-state index contributed by atoms with van der Waals surface area (Å²) in [6, 6.07) is -1.68. The van der Waals surface area contributed by atoms with Crippen LogP contribution in [0.1, 0.15) is 12.8 Å². The van der Waals surface area contributed by atoms with Crippen LogP contribution >= 0.6 is 0 Å². The number of nitrogens with one attached hydrogen (secondary N) is 1. The van der Waals surface area contributed by atoms with E-state index in [0.29, 0.717) is 0 Å². The summed E-state index contributed by atoms with van der Waals surface area (Å²) in [5.41, 5.74) is 0. The number of amides is 1. The zero-order valence-electron chi connectivity index (χ0n) is 17.4. The van der Waals surface area contributed by atoms with Gasteiger partial charge in [-0.2, -0.15) is 39.5 Å². The average Bonchev–Trinajstić information content (AvgIpc) is 2.65. The Bertz CT molecular complexity index is 713. The molecule has 0 aromatic carbocycles. The van der Waals surface area contributed by atoms with E-state index in [1.165, 1.54) is 14.1 Å². The highest BCUT2D eigenvalue weighted by Gasteiger charge is 2.81. The van der Waals surface area contributed by atoms with E-state index in [9.17, 15) is 59.0 Å². The topological polar surface area (TPSA) is 105 Å². The van der Waals surface area contributed by atoms with Gasteiger partial charge in [-0.3, -0.25) is 19.4 Å². The number of quaternary nitrogens is 1. The molecule has 1 amide bonds. The second-order valence-electron chi connectivity index (χ2n) is 7.23. The Morgan fingerprint density at radius 2 is 1.48 bits per heavy atom. The minimum Gasteiger partial charge on any atom is -0.498 e. The molecule has 1 N–H and O–H groups in total. The summed E-state index contributed by atoms with van der Waals surface area (Å²) in [5, 5.41) is 13.2. The van der Waals surface area contributed by atoms with E-state index >= 15 is 0 Å². The molecule has 1 atom stereocenters. The highest BCUT2D eigenvalue weighted by atomic mass is 19.4. The number of methoxy groups -OCH3 is 1.